The highest BCUT2D eigenvalue weighted by Crippen LogP contribution is 2.35. The summed E-state index contributed by atoms with van der Waals surface area (Å²) in [5, 5.41) is 0.0983. The van der Waals surface area contributed by atoms with Crippen LogP contribution in [0.15, 0.2) is 35.9 Å². The molecule has 1 unspecified atom stereocenters. The minimum Gasteiger partial charge on any atom is -0.339 e. The fourth-order valence-corrected chi connectivity index (χ4v) is 4.70. The summed E-state index contributed by atoms with van der Waals surface area (Å²) >= 11 is 0. The third-order valence-corrected chi connectivity index (χ3v) is 5.94. The van der Waals surface area contributed by atoms with Gasteiger partial charge in [0.05, 0.1) is 18.1 Å². The molecule has 0 aliphatic carbocycles. The lowest BCUT2D eigenvalue weighted by atomic mass is 10.1. The van der Waals surface area contributed by atoms with E-state index in [0.717, 1.165) is 30.6 Å². The molecule has 2 aromatic heterocycles. The van der Waals surface area contributed by atoms with Gasteiger partial charge in [0.15, 0.2) is 5.03 Å². The predicted molar refractivity (Wildman–Crippen MR) is 90.7 cm³/mol. The average molecular weight is 349 g/mol. The highest BCUT2D eigenvalue weighted by Gasteiger charge is 2.38. The molecule has 8 heteroatoms. The molecule has 24 heavy (non-hydrogen) atoms. The predicted octanol–water partition coefficient (Wildman–Crippen LogP) is 1.40. The van der Waals surface area contributed by atoms with Crippen LogP contribution < -0.4 is 0 Å². The van der Waals surface area contributed by atoms with Crippen LogP contribution in [-0.2, 0) is 23.6 Å². The Hall–Kier alpha value is -1.77. The van der Waals surface area contributed by atoms with E-state index in [0.29, 0.717) is 6.54 Å². The number of sulfonamides is 1. The fraction of sp³-hybridized carbons (Fsp3) is 0.500. The number of rotatable bonds is 5. The Morgan fingerprint density at radius 1 is 1.29 bits per heavy atom. The normalized spacial score (nSPS) is 19.2. The molecule has 2 aromatic rings. The van der Waals surface area contributed by atoms with E-state index >= 15 is 0 Å². The standard InChI is InChI=1S/C16H23N5O2S/c1-19(2)10-13-6-7-14(17-9-13)15-5-4-8-21(15)24(22,23)16-11-20(3)12-18-16/h6-7,9,11-12,15H,4-5,8,10H2,1-3H3. The minimum absolute atomic E-state index is 0.0983. The number of imidazole rings is 1. The Morgan fingerprint density at radius 3 is 2.67 bits per heavy atom. The highest BCUT2D eigenvalue weighted by molar-refractivity contribution is 7.89. The van der Waals surface area contributed by atoms with Gasteiger partial charge < -0.3 is 9.47 Å². The minimum atomic E-state index is -3.59. The number of hydrogen-bond acceptors (Lipinski definition) is 5. The van der Waals surface area contributed by atoms with Crippen molar-refractivity contribution >= 4 is 10.0 Å². The molecule has 7 nitrogen and oxygen atoms in total. The molecular formula is C16H23N5O2S. The SMILES string of the molecule is CN(C)Cc1ccc(C2CCCN2S(=O)(=O)c2cn(C)cn2)nc1. The smallest absolute Gasteiger partial charge is 0.262 e. The lowest BCUT2D eigenvalue weighted by Gasteiger charge is -2.23. The molecule has 0 saturated carbocycles. The van der Waals surface area contributed by atoms with Crippen molar-refractivity contribution in [2.75, 3.05) is 20.6 Å². The molecule has 1 saturated heterocycles. The van der Waals surface area contributed by atoms with Gasteiger partial charge in [0.1, 0.15) is 0 Å². The van der Waals surface area contributed by atoms with Gasteiger partial charge in [-0.25, -0.2) is 13.4 Å². The molecule has 3 heterocycles. The molecule has 1 fully saturated rings. The fourth-order valence-electron chi connectivity index (χ4n) is 3.06. The first-order valence-corrected chi connectivity index (χ1v) is 9.41. The van der Waals surface area contributed by atoms with Crippen LogP contribution >= 0.6 is 0 Å². The maximum Gasteiger partial charge on any atom is 0.262 e. The van der Waals surface area contributed by atoms with E-state index < -0.39 is 10.0 Å². The number of aromatic nitrogens is 3. The van der Waals surface area contributed by atoms with E-state index in [4.69, 9.17) is 0 Å². The molecule has 0 spiro atoms. The summed E-state index contributed by atoms with van der Waals surface area (Å²) in [5.41, 5.74) is 1.91. The lowest BCUT2D eigenvalue weighted by molar-refractivity contribution is 0.387. The number of pyridine rings is 1. The Labute approximate surface area is 143 Å². The second-order valence-electron chi connectivity index (χ2n) is 6.48. The van der Waals surface area contributed by atoms with E-state index in [1.165, 1.54) is 10.6 Å². The van der Waals surface area contributed by atoms with E-state index in [1.54, 1.807) is 17.8 Å². The van der Waals surface area contributed by atoms with Gasteiger partial charge in [-0.2, -0.15) is 4.31 Å². The Bertz CT molecular complexity index is 798. The Balaban J connectivity index is 1.85. The van der Waals surface area contributed by atoms with Crippen LogP contribution in [0.25, 0.3) is 0 Å². The highest BCUT2D eigenvalue weighted by atomic mass is 32.2. The largest absolute Gasteiger partial charge is 0.339 e. The zero-order chi connectivity index (χ0) is 17.3. The first-order chi connectivity index (χ1) is 11.4. The topological polar surface area (TPSA) is 71.3 Å². The third-order valence-electron chi connectivity index (χ3n) is 4.15. The van der Waals surface area contributed by atoms with Crippen LogP contribution in [0.3, 0.4) is 0 Å². The summed E-state index contributed by atoms with van der Waals surface area (Å²) in [6.07, 6.45) is 6.49. The first-order valence-electron chi connectivity index (χ1n) is 7.97. The molecule has 1 aliphatic heterocycles. The van der Waals surface area contributed by atoms with Gasteiger partial charge in [-0.05, 0) is 38.6 Å². The van der Waals surface area contributed by atoms with Crippen LogP contribution in [0, 0.1) is 0 Å². The first kappa shape index (κ1) is 17.1. The zero-order valence-electron chi connectivity index (χ0n) is 14.3. The molecule has 0 amide bonds. The van der Waals surface area contributed by atoms with Gasteiger partial charge in [0.25, 0.3) is 10.0 Å². The lowest BCUT2D eigenvalue weighted by Crippen LogP contribution is -2.31. The van der Waals surface area contributed by atoms with Crippen molar-refractivity contribution in [2.45, 2.75) is 30.5 Å². The van der Waals surface area contributed by atoms with Crippen molar-refractivity contribution < 1.29 is 8.42 Å². The maximum atomic E-state index is 12.9. The third kappa shape index (κ3) is 3.35. The van der Waals surface area contributed by atoms with Crippen molar-refractivity contribution in [1.29, 1.82) is 0 Å². The van der Waals surface area contributed by atoms with Gasteiger partial charge in [0.2, 0.25) is 0 Å². The molecule has 0 bridgehead atoms. The van der Waals surface area contributed by atoms with Crippen LogP contribution in [0.2, 0.25) is 0 Å². The summed E-state index contributed by atoms with van der Waals surface area (Å²) < 4.78 is 28.9. The van der Waals surface area contributed by atoms with E-state index in [9.17, 15) is 8.42 Å². The molecule has 0 radical (unpaired) electrons. The second kappa shape index (κ2) is 6.62. The van der Waals surface area contributed by atoms with Crippen LogP contribution in [0.1, 0.15) is 30.1 Å². The molecular weight excluding hydrogens is 326 g/mol. The van der Waals surface area contributed by atoms with Crippen molar-refractivity contribution in [3.8, 4) is 0 Å². The van der Waals surface area contributed by atoms with Gasteiger partial charge in [-0.15, -0.1) is 0 Å². The van der Waals surface area contributed by atoms with Crippen molar-refractivity contribution in [3.05, 3.63) is 42.1 Å². The van der Waals surface area contributed by atoms with E-state index in [1.807, 2.05) is 32.4 Å². The molecule has 0 N–H and O–H groups in total. The zero-order valence-corrected chi connectivity index (χ0v) is 15.1. The van der Waals surface area contributed by atoms with Crippen LogP contribution in [-0.4, -0.2) is 52.8 Å². The number of nitrogens with zero attached hydrogens (tertiary/aromatic N) is 5. The van der Waals surface area contributed by atoms with E-state index in [-0.39, 0.29) is 11.1 Å². The average Bonchev–Trinajstić information content (AvgIpc) is 3.16. The second-order valence-corrected chi connectivity index (χ2v) is 8.32. The Morgan fingerprint density at radius 2 is 2.08 bits per heavy atom. The van der Waals surface area contributed by atoms with Gasteiger partial charge in [-0.1, -0.05) is 6.07 Å². The van der Waals surface area contributed by atoms with Crippen molar-refractivity contribution in [3.63, 3.8) is 0 Å². The van der Waals surface area contributed by atoms with E-state index in [2.05, 4.69) is 14.9 Å². The van der Waals surface area contributed by atoms with Gasteiger partial charge >= 0.3 is 0 Å². The molecule has 0 aromatic carbocycles. The number of hydrogen-bond donors (Lipinski definition) is 0. The monoisotopic (exact) mass is 349 g/mol. The molecule has 3 rings (SSSR count). The van der Waals surface area contributed by atoms with Crippen molar-refractivity contribution in [2.24, 2.45) is 7.05 Å². The van der Waals surface area contributed by atoms with Crippen LogP contribution in [0.4, 0.5) is 0 Å². The summed E-state index contributed by atoms with van der Waals surface area (Å²) in [5.74, 6) is 0. The maximum absolute atomic E-state index is 12.9. The number of aryl methyl sites for hydroxylation is 1. The quantitative estimate of drug-likeness (QED) is 0.816. The molecule has 130 valence electrons. The van der Waals surface area contributed by atoms with Crippen LogP contribution in [0.5, 0.6) is 0 Å². The summed E-state index contributed by atoms with van der Waals surface area (Å²) in [7, 11) is 2.18. The Kier molecular flexibility index (Phi) is 4.71. The van der Waals surface area contributed by atoms with Gasteiger partial charge in [-0.3, -0.25) is 4.98 Å². The molecule has 1 atom stereocenters. The van der Waals surface area contributed by atoms with Gasteiger partial charge in [0, 0.05) is 32.5 Å². The van der Waals surface area contributed by atoms with Crippen molar-refractivity contribution in [1.82, 2.24) is 23.7 Å². The summed E-state index contributed by atoms with van der Waals surface area (Å²) in [4.78, 5) is 10.6. The molecule has 1 aliphatic rings. The summed E-state index contributed by atoms with van der Waals surface area (Å²) in [6, 6.07) is 3.74. The summed E-state index contributed by atoms with van der Waals surface area (Å²) in [6.45, 7) is 1.32.